The molecule has 3 aromatic rings. The zero-order valence-corrected chi connectivity index (χ0v) is 18.9. The van der Waals surface area contributed by atoms with Gasteiger partial charge in [0.15, 0.2) is 0 Å². The summed E-state index contributed by atoms with van der Waals surface area (Å²) in [6, 6.07) is 24.7. The van der Waals surface area contributed by atoms with Gasteiger partial charge in [0, 0.05) is 39.5 Å². The first kappa shape index (κ1) is 21.3. The molecule has 33 heavy (non-hydrogen) atoms. The lowest BCUT2D eigenvalue weighted by Crippen LogP contribution is -2.50. The third kappa shape index (κ3) is 4.52. The second-order valence-corrected chi connectivity index (χ2v) is 8.76. The molecule has 5 rings (SSSR count). The molecule has 1 saturated heterocycles. The highest BCUT2D eigenvalue weighted by Crippen LogP contribution is 2.33. The summed E-state index contributed by atoms with van der Waals surface area (Å²) in [5.41, 5.74) is 3.08. The summed E-state index contributed by atoms with van der Waals surface area (Å²) >= 11 is 0. The van der Waals surface area contributed by atoms with E-state index in [2.05, 4.69) is 47.4 Å². The molecule has 0 aliphatic carbocycles. The Morgan fingerprint density at radius 3 is 2.30 bits per heavy atom. The normalized spacial score (nSPS) is 19.1. The molecular weight excluding hydrogens is 412 g/mol. The first-order valence-electron chi connectivity index (χ1n) is 11.5. The second kappa shape index (κ2) is 9.16. The largest absolute Gasteiger partial charge is 0.340 e. The molecule has 2 amide bonds. The average molecular weight is 441 g/mol. The van der Waals surface area contributed by atoms with Crippen LogP contribution in [0.4, 0.5) is 0 Å². The van der Waals surface area contributed by atoms with E-state index in [1.54, 1.807) is 11.9 Å². The third-order valence-electron chi connectivity index (χ3n) is 6.61. The summed E-state index contributed by atoms with van der Waals surface area (Å²) < 4.78 is 0. The van der Waals surface area contributed by atoms with E-state index in [0.717, 1.165) is 16.8 Å². The van der Waals surface area contributed by atoms with Crippen LogP contribution in [-0.2, 0) is 9.59 Å². The van der Waals surface area contributed by atoms with Crippen molar-refractivity contribution in [2.75, 3.05) is 32.7 Å². The Labute approximate surface area is 194 Å². The predicted octanol–water partition coefficient (Wildman–Crippen LogP) is 3.68. The Morgan fingerprint density at radius 1 is 0.879 bits per heavy atom. The fraction of sp³-hybridized carbons (Fsp3) is 0.296. The van der Waals surface area contributed by atoms with Crippen molar-refractivity contribution in [3.63, 3.8) is 0 Å². The maximum atomic E-state index is 13.4. The first-order valence-corrected chi connectivity index (χ1v) is 11.5. The zero-order chi connectivity index (χ0) is 22.8. The van der Waals surface area contributed by atoms with Crippen molar-refractivity contribution in [3.8, 4) is 0 Å². The van der Waals surface area contributed by atoms with Gasteiger partial charge >= 0.3 is 0 Å². The molecule has 0 spiro atoms. The standard InChI is InChI=1S/C27H28N4O2/c1-20(32)30-15-13-29(14-16-30)19-27(33)31-26(22-8-3-2-4-9-22)18-25(28-31)24-12-11-21-7-5-6-10-23(21)17-24/h2-12,17,26H,13-16,18-19H2,1H3. The summed E-state index contributed by atoms with van der Waals surface area (Å²) in [5.74, 6) is 0.0882. The summed E-state index contributed by atoms with van der Waals surface area (Å²) in [6.45, 7) is 4.64. The fourth-order valence-corrected chi connectivity index (χ4v) is 4.70. The molecule has 168 valence electrons. The molecule has 0 radical (unpaired) electrons. The summed E-state index contributed by atoms with van der Waals surface area (Å²) in [5, 5.41) is 8.88. The van der Waals surface area contributed by atoms with Crippen LogP contribution in [0.15, 0.2) is 77.9 Å². The van der Waals surface area contributed by atoms with E-state index < -0.39 is 0 Å². The number of piperazine rings is 1. The summed E-state index contributed by atoms with van der Waals surface area (Å²) in [7, 11) is 0. The van der Waals surface area contributed by atoms with Gasteiger partial charge in [-0.3, -0.25) is 14.5 Å². The van der Waals surface area contributed by atoms with Gasteiger partial charge in [0.25, 0.3) is 5.91 Å². The number of fused-ring (bicyclic) bond motifs is 1. The Balaban J connectivity index is 1.39. The van der Waals surface area contributed by atoms with Crippen LogP contribution in [0, 0.1) is 0 Å². The van der Waals surface area contributed by atoms with Crippen LogP contribution < -0.4 is 0 Å². The maximum Gasteiger partial charge on any atom is 0.257 e. The van der Waals surface area contributed by atoms with E-state index in [0.29, 0.717) is 39.1 Å². The number of benzene rings is 3. The molecule has 1 atom stereocenters. The quantitative estimate of drug-likeness (QED) is 0.622. The van der Waals surface area contributed by atoms with Crippen molar-refractivity contribution >= 4 is 28.3 Å². The van der Waals surface area contributed by atoms with Crippen LogP contribution in [-0.4, -0.2) is 65.1 Å². The van der Waals surface area contributed by atoms with Crippen LogP contribution in [0.2, 0.25) is 0 Å². The molecule has 0 bridgehead atoms. The second-order valence-electron chi connectivity index (χ2n) is 8.76. The summed E-state index contributed by atoms with van der Waals surface area (Å²) in [6.07, 6.45) is 0.687. The monoisotopic (exact) mass is 440 g/mol. The molecule has 0 saturated carbocycles. The SMILES string of the molecule is CC(=O)N1CCN(CC(=O)N2N=C(c3ccc4ccccc4c3)CC2c2ccccc2)CC1. The Bertz CT molecular complexity index is 1200. The molecule has 0 N–H and O–H groups in total. The molecule has 2 heterocycles. The van der Waals surface area contributed by atoms with Gasteiger partial charge < -0.3 is 4.90 Å². The molecule has 6 nitrogen and oxygen atoms in total. The molecule has 3 aromatic carbocycles. The van der Waals surface area contributed by atoms with Crippen molar-refractivity contribution in [2.45, 2.75) is 19.4 Å². The van der Waals surface area contributed by atoms with E-state index in [1.807, 2.05) is 35.2 Å². The smallest absolute Gasteiger partial charge is 0.257 e. The maximum absolute atomic E-state index is 13.4. The van der Waals surface area contributed by atoms with Gasteiger partial charge in [-0.05, 0) is 28.0 Å². The third-order valence-corrected chi connectivity index (χ3v) is 6.61. The van der Waals surface area contributed by atoms with E-state index >= 15 is 0 Å². The number of carbonyl (C=O) groups excluding carboxylic acids is 2. The van der Waals surface area contributed by atoms with Gasteiger partial charge in [-0.2, -0.15) is 5.10 Å². The number of carbonyl (C=O) groups is 2. The first-order chi connectivity index (χ1) is 16.1. The molecule has 2 aliphatic heterocycles. The van der Waals surface area contributed by atoms with Crippen molar-refractivity contribution < 1.29 is 9.59 Å². The lowest BCUT2D eigenvalue weighted by molar-refractivity contribution is -0.135. The average Bonchev–Trinajstić information content (AvgIpc) is 3.30. The van der Waals surface area contributed by atoms with E-state index in [-0.39, 0.29) is 17.9 Å². The Hall–Kier alpha value is -3.51. The molecule has 1 fully saturated rings. The predicted molar refractivity (Wildman–Crippen MR) is 130 cm³/mol. The number of rotatable bonds is 4. The Kier molecular flexibility index (Phi) is 5.92. The molecule has 2 aliphatic rings. The van der Waals surface area contributed by atoms with Crippen LogP contribution in [0.3, 0.4) is 0 Å². The van der Waals surface area contributed by atoms with E-state index in [4.69, 9.17) is 5.10 Å². The lowest BCUT2D eigenvalue weighted by Gasteiger charge is -2.34. The lowest BCUT2D eigenvalue weighted by atomic mass is 9.97. The van der Waals surface area contributed by atoms with Crippen molar-refractivity contribution in [2.24, 2.45) is 5.10 Å². The van der Waals surface area contributed by atoms with Crippen molar-refractivity contribution in [1.82, 2.24) is 14.8 Å². The van der Waals surface area contributed by atoms with Gasteiger partial charge in [0.1, 0.15) is 0 Å². The van der Waals surface area contributed by atoms with Gasteiger partial charge in [-0.1, -0.05) is 66.7 Å². The van der Waals surface area contributed by atoms with E-state index in [9.17, 15) is 9.59 Å². The highest BCUT2D eigenvalue weighted by molar-refractivity contribution is 6.05. The van der Waals surface area contributed by atoms with Gasteiger partial charge in [0.05, 0.1) is 18.3 Å². The van der Waals surface area contributed by atoms with Crippen LogP contribution >= 0.6 is 0 Å². The zero-order valence-electron chi connectivity index (χ0n) is 18.9. The molecule has 1 unspecified atom stereocenters. The van der Waals surface area contributed by atoms with Gasteiger partial charge in [0.2, 0.25) is 5.91 Å². The van der Waals surface area contributed by atoms with Gasteiger partial charge in [-0.25, -0.2) is 5.01 Å². The summed E-state index contributed by atoms with van der Waals surface area (Å²) in [4.78, 5) is 29.0. The number of amides is 2. The number of hydrazone groups is 1. The minimum atomic E-state index is -0.112. The van der Waals surface area contributed by atoms with Crippen LogP contribution in [0.25, 0.3) is 10.8 Å². The van der Waals surface area contributed by atoms with Crippen LogP contribution in [0.1, 0.15) is 30.5 Å². The minimum Gasteiger partial charge on any atom is -0.340 e. The molecular formula is C27H28N4O2. The number of nitrogens with zero attached hydrogens (tertiary/aromatic N) is 4. The van der Waals surface area contributed by atoms with Crippen molar-refractivity contribution in [3.05, 3.63) is 83.9 Å². The highest BCUT2D eigenvalue weighted by Gasteiger charge is 2.34. The fourth-order valence-electron chi connectivity index (χ4n) is 4.70. The topological polar surface area (TPSA) is 56.2 Å². The molecule has 0 aromatic heterocycles. The Morgan fingerprint density at radius 2 is 1.58 bits per heavy atom. The highest BCUT2D eigenvalue weighted by atomic mass is 16.2. The van der Waals surface area contributed by atoms with Gasteiger partial charge in [-0.15, -0.1) is 0 Å². The minimum absolute atomic E-state index is 0.00378. The molecule has 6 heteroatoms. The number of hydrogen-bond donors (Lipinski definition) is 0. The van der Waals surface area contributed by atoms with Crippen molar-refractivity contribution in [1.29, 1.82) is 0 Å². The number of hydrogen-bond acceptors (Lipinski definition) is 4. The van der Waals surface area contributed by atoms with Crippen LogP contribution in [0.5, 0.6) is 0 Å². The van der Waals surface area contributed by atoms with E-state index in [1.165, 1.54) is 10.8 Å².